The highest BCUT2D eigenvalue weighted by Gasteiger charge is 2.20. The Kier molecular flexibility index (Phi) is 8.39. The summed E-state index contributed by atoms with van der Waals surface area (Å²) in [5.41, 5.74) is 14.2. The van der Waals surface area contributed by atoms with E-state index in [1.54, 1.807) is 0 Å². The summed E-state index contributed by atoms with van der Waals surface area (Å²) < 4.78 is 4.99. The van der Waals surface area contributed by atoms with Crippen molar-refractivity contribution >= 4 is 81.1 Å². The summed E-state index contributed by atoms with van der Waals surface area (Å²) in [7, 11) is 0. The Morgan fingerprint density at radius 3 is 1.70 bits per heavy atom. The van der Waals surface area contributed by atoms with E-state index in [4.69, 9.17) is 0 Å². The Hall–Kier alpha value is -7.72. The van der Waals surface area contributed by atoms with Crippen LogP contribution in [0.1, 0.15) is 0 Å². The fourth-order valence-electron chi connectivity index (χ4n) is 9.27. The van der Waals surface area contributed by atoms with E-state index in [0.717, 1.165) is 11.4 Å². The minimum atomic E-state index is 1.11. The summed E-state index contributed by atoms with van der Waals surface area (Å²) in [4.78, 5) is 2.43. The fraction of sp³-hybridized carbons (Fsp3) is 0. The number of hydrogen-bond donors (Lipinski definition) is 0. The molecule has 10 aromatic carbocycles. The molecule has 0 unspecified atom stereocenters. The van der Waals surface area contributed by atoms with Gasteiger partial charge in [-0.2, -0.15) is 0 Å². The Morgan fingerprint density at radius 2 is 0.918 bits per heavy atom. The molecule has 0 aliphatic carbocycles. The van der Waals surface area contributed by atoms with Crippen LogP contribution in [0.25, 0.3) is 91.8 Å². The van der Waals surface area contributed by atoms with Crippen LogP contribution < -0.4 is 4.90 Å². The zero-order valence-electron chi connectivity index (χ0n) is 33.2. The molecule has 0 aliphatic rings. The van der Waals surface area contributed by atoms with Crippen molar-refractivity contribution in [1.82, 2.24) is 4.57 Å². The van der Waals surface area contributed by atoms with Gasteiger partial charge in [-0.15, -0.1) is 11.3 Å². The van der Waals surface area contributed by atoms with Gasteiger partial charge in [0.25, 0.3) is 0 Å². The van der Waals surface area contributed by atoms with Gasteiger partial charge in [0.05, 0.1) is 27.1 Å². The molecule has 0 atom stereocenters. The molecule has 0 saturated heterocycles. The van der Waals surface area contributed by atoms with E-state index < -0.39 is 0 Å². The van der Waals surface area contributed by atoms with Crippen LogP contribution in [0, 0.1) is 0 Å². The van der Waals surface area contributed by atoms with E-state index in [2.05, 4.69) is 240 Å². The SMILES string of the molecule is c1cc(-c2ccc3ccccc3c2)cc(N(c2ccc(-c3ccc(-c4ccccc4-n4c5ccccc5c5ccccc54)cc3)cc2)c2cccc3c2sc2ccccc23)c1. The predicted molar refractivity (Wildman–Crippen MR) is 262 cm³/mol. The number of para-hydroxylation sites is 3. The normalized spacial score (nSPS) is 11.6. The van der Waals surface area contributed by atoms with E-state index in [1.165, 1.54) is 97.5 Å². The number of aromatic nitrogens is 1. The fourth-order valence-corrected chi connectivity index (χ4v) is 10.5. The standard InChI is InChI=1S/C58H38N2S/c1-2-14-43-37-45(32-29-39(43)13-1)44-15-11-16-47(38-44)59(56-25-12-21-52-51-20-6-10-26-57(51)61-58(52)56)46-35-33-41(34-36-46)40-27-30-42(31-28-40)48-17-3-7-22-53(48)60-54-23-8-4-18-49(54)50-19-5-9-24-55(50)60/h1-38H. The van der Waals surface area contributed by atoms with E-state index in [1.807, 2.05) is 11.3 Å². The zero-order chi connectivity index (χ0) is 40.3. The molecule has 0 N–H and O–H groups in total. The highest BCUT2D eigenvalue weighted by molar-refractivity contribution is 7.26. The molecule has 2 heterocycles. The maximum Gasteiger partial charge on any atom is 0.0640 e. The summed E-state index contributed by atoms with van der Waals surface area (Å²) in [6, 6.07) is 84.1. The Bertz CT molecular complexity index is 3540. The minimum absolute atomic E-state index is 1.11. The predicted octanol–water partition coefficient (Wildman–Crippen LogP) is 16.8. The molecule has 3 heteroatoms. The summed E-state index contributed by atoms with van der Waals surface area (Å²) >= 11 is 1.87. The number of fused-ring (bicyclic) bond motifs is 7. The summed E-state index contributed by atoms with van der Waals surface area (Å²) in [5, 5.41) is 7.61. The number of nitrogens with zero attached hydrogens (tertiary/aromatic N) is 2. The van der Waals surface area contributed by atoms with Crippen LogP contribution in [0.5, 0.6) is 0 Å². The maximum absolute atomic E-state index is 2.43. The molecule has 61 heavy (non-hydrogen) atoms. The second-order valence-electron chi connectivity index (χ2n) is 15.7. The van der Waals surface area contributed by atoms with Crippen molar-refractivity contribution in [1.29, 1.82) is 0 Å². The molecule has 0 fully saturated rings. The molecule has 12 aromatic rings. The summed E-state index contributed by atoms with van der Waals surface area (Å²) in [5.74, 6) is 0. The summed E-state index contributed by atoms with van der Waals surface area (Å²) in [6.45, 7) is 0. The summed E-state index contributed by atoms with van der Waals surface area (Å²) in [6.07, 6.45) is 0. The smallest absolute Gasteiger partial charge is 0.0640 e. The third-order valence-corrected chi connectivity index (χ3v) is 13.4. The number of rotatable bonds is 7. The van der Waals surface area contributed by atoms with Crippen molar-refractivity contribution < 1.29 is 0 Å². The number of thiophene rings is 1. The van der Waals surface area contributed by atoms with Gasteiger partial charge in [0.15, 0.2) is 0 Å². The van der Waals surface area contributed by atoms with Crippen LogP contribution >= 0.6 is 11.3 Å². The van der Waals surface area contributed by atoms with E-state index in [-0.39, 0.29) is 0 Å². The first kappa shape index (κ1) is 35.2. The van der Waals surface area contributed by atoms with Gasteiger partial charge in [-0.05, 0) is 99.3 Å². The molecule has 0 aliphatic heterocycles. The first-order chi connectivity index (χ1) is 30.2. The van der Waals surface area contributed by atoms with Crippen LogP contribution in [0.15, 0.2) is 231 Å². The van der Waals surface area contributed by atoms with Gasteiger partial charge < -0.3 is 9.47 Å². The molecule has 0 radical (unpaired) electrons. The van der Waals surface area contributed by atoms with Crippen LogP contribution in [0.3, 0.4) is 0 Å². The zero-order valence-corrected chi connectivity index (χ0v) is 34.1. The van der Waals surface area contributed by atoms with Crippen molar-refractivity contribution in [3.63, 3.8) is 0 Å². The van der Waals surface area contributed by atoms with Crippen molar-refractivity contribution in [3.05, 3.63) is 231 Å². The molecule has 0 saturated carbocycles. The van der Waals surface area contributed by atoms with Gasteiger partial charge in [0.1, 0.15) is 0 Å². The van der Waals surface area contributed by atoms with Gasteiger partial charge >= 0.3 is 0 Å². The second-order valence-corrected chi connectivity index (χ2v) is 16.8. The molecule has 0 spiro atoms. The molecule has 2 aromatic heterocycles. The van der Waals surface area contributed by atoms with Crippen LogP contribution in [0.4, 0.5) is 17.1 Å². The lowest BCUT2D eigenvalue weighted by Gasteiger charge is -2.27. The van der Waals surface area contributed by atoms with Crippen LogP contribution in [-0.2, 0) is 0 Å². The Balaban J connectivity index is 0.931. The Morgan fingerprint density at radius 1 is 0.344 bits per heavy atom. The van der Waals surface area contributed by atoms with Gasteiger partial charge in [0.2, 0.25) is 0 Å². The number of hydrogen-bond acceptors (Lipinski definition) is 2. The average molecular weight is 795 g/mol. The average Bonchev–Trinajstić information content (AvgIpc) is 3.88. The van der Waals surface area contributed by atoms with Gasteiger partial charge in [-0.3, -0.25) is 0 Å². The van der Waals surface area contributed by atoms with E-state index in [0.29, 0.717) is 0 Å². The van der Waals surface area contributed by atoms with Crippen molar-refractivity contribution in [2.45, 2.75) is 0 Å². The maximum atomic E-state index is 2.43. The monoisotopic (exact) mass is 794 g/mol. The minimum Gasteiger partial charge on any atom is -0.309 e. The first-order valence-corrected chi connectivity index (χ1v) is 21.6. The van der Waals surface area contributed by atoms with E-state index in [9.17, 15) is 0 Å². The van der Waals surface area contributed by atoms with Gasteiger partial charge in [0, 0.05) is 43.2 Å². The van der Waals surface area contributed by atoms with Crippen LogP contribution in [-0.4, -0.2) is 4.57 Å². The van der Waals surface area contributed by atoms with Crippen molar-refractivity contribution in [2.75, 3.05) is 4.90 Å². The lowest BCUT2D eigenvalue weighted by atomic mass is 9.98. The molecule has 286 valence electrons. The van der Waals surface area contributed by atoms with Crippen LogP contribution in [0.2, 0.25) is 0 Å². The lowest BCUT2D eigenvalue weighted by molar-refractivity contribution is 1.18. The quantitative estimate of drug-likeness (QED) is 0.156. The molecule has 2 nitrogen and oxygen atoms in total. The van der Waals surface area contributed by atoms with Gasteiger partial charge in [-0.1, -0.05) is 170 Å². The largest absolute Gasteiger partial charge is 0.309 e. The second kappa shape index (κ2) is 14.5. The van der Waals surface area contributed by atoms with Crippen molar-refractivity contribution in [2.24, 2.45) is 0 Å². The third kappa shape index (κ3) is 6.01. The van der Waals surface area contributed by atoms with E-state index >= 15 is 0 Å². The molecule has 12 rings (SSSR count). The highest BCUT2D eigenvalue weighted by atomic mass is 32.1. The highest BCUT2D eigenvalue weighted by Crippen LogP contribution is 2.46. The molecule has 0 bridgehead atoms. The van der Waals surface area contributed by atoms with Crippen molar-refractivity contribution in [3.8, 4) is 39.1 Å². The van der Waals surface area contributed by atoms with Gasteiger partial charge in [-0.25, -0.2) is 0 Å². The molecular formula is C58H38N2S. The Labute approximate surface area is 358 Å². The number of anilines is 3. The third-order valence-electron chi connectivity index (χ3n) is 12.2. The first-order valence-electron chi connectivity index (χ1n) is 20.8. The lowest BCUT2D eigenvalue weighted by Crippen LogP contribution is -2.10. The topological polar surface area (TPSA) is 8.17 Å². The molecule has 0 amide bonds. The number of benzene rings is 10. The molecular weight excluding hydrogens is 757 g/mol.